The van der Waals surface area contributed by atoms with E-state index in [1.165, 1.54) is 11.1 Å². The van der Waals surface area contributed by atoms with Crippen LogP contribution < -0.4 is 11.1 Å². The Balaban J connectivity index is 2.24. The first-order valence-corrected chi connectivity index (χ1v) is 6.22. The molecule has 0 aliphatic heterocycles. The van der Waals surface area contributed by atoms with Crippen LogP contribution in [0.1, 0.15) is 27.0 Å². The maximum Gasteiger partial charge on any atom is 0.255 e. The molecule has 3 heteroatoms. The third-order valence-electron chi connectivity index (χ3n) is 3.48. The molecular weight excluding hydrogens is 236 g/mol. The van der Waals surface area contributed by atoms with Gasteiger partial charge in [0.05, 0.1) is 0 Å². The second kappa shape index (κ2) is 5.14. The summed E-state index contributed by atoms with van der Waals surface area (Å²) in [5.74, 6) is -0.119. The number of carbonyl (C=O) groups excluding carboxylic acids is 1. The third kappa shape index (κ3) is 2.76. The molecule has 0 spiro atoms. The molecule has 3 N–H and O–H groups in total. The molecule has 0 aromatic heterocycles. The van der Waals surface area contributed by atoms with E-state index in [2.05, 4.69) is 19.2 Å². The van der Waals surface area contributed by atoms with Crippen molar-refractivity contribution in [3.63, 3.8) is 0 Å². The molecule has 0 heterocycles. The summed E-state index contributed by atoms with van der Waals surface area (Å²) in [5, 5.41) is 2.93. The normalized spacial score (nSPS) is 10.3. The number of rotatable bonds is 2. The highest BCUT2D eigenvalue weighted by Crippen LogP contribution is 2.22. The Morgan fingerprint density at radius 3 is 2.21 bits per heavy atom. The van der Waals surface area contributed by atoms with Crippen LogP contribution in [0.4, 0.5) is 11.4 Å². The lowest BCUT2D eigenvalue weighted by Gasteiger charge is -2.12. The first kappa shape index (κ1) is 13.1. The fraction of sp³-hybridized carbons (Fsp3) is 0.188. The SMILES string of the molecule is Cc1ccc(NC(=O)c2ccc(N)cc2)c(C)c1C. The zero-order valence-corrected chi connectivity index (χ0v) is 11.4. The van der Waals surface area contributed by atoms with Gasteiger partial charge in [0.15, 0.2) is 0 Å². The van der Waals surface area contributed by atoms with Gasteiger partial charge in [0.1, 0.15) is 0 Å². The summed E-state index contributed by atoms with van der Waals surface area (Å²) >= 11 is 0. The van der Waals surface area contributed by atoms with Gasteiger partial charge in [0, 0.05) is 16.9 Å². The van der Waals surface area contributed by atoms with Crippen LogP contribution in [0.15, 0.2) is 36.4 Å². The van der Waals surface area contributed by atoms with E-state index in [9.17, 15) is 4.79 Å². The third-order valence-corrected chi connectivity index (χ3v) is 3.48. The second-order valence-electron chi connectivity index (χ2n) is 4.76. The summed E-state index contributed by atoms with van der Waals surface area (Å²) in [4.78, 5) is 12.1. The van der Waals surface area contributed by atoms with Crippen molar-refractivity contribution in [2.24, 2.45) is 0 Å². The Hall–Kier alpha value is -2.29. The molecule has 0 fully saturated rings. The van der Waals surface area contributed by atoms with Gasteiger partial charge in [-0.15, -0.1) is 0 Å². The highest BCUT2D eigenvalue weighted by molar-refractivity contribution is 6.04. The zero-order chi connectivity index (χ0) is 14.0. The first-order valence-electron chi connectivity index (χ1n) is 6.22. The predicted molar refractivity (Wildman–Crippen MR) is 79.5 cm³/mol. The van der Waals surface area contributed by atoms with Crippen molar-refractivity contribution in [3.05, 3.63) is 58.7 Å². The van der Waals surface area contributed by atoms with Crippen molar-refractivity contribution in [2.45, 2.75) is 20.8 Å². The lowest BCUT2D eigenvalue weighted by molar-refractivity contribution is 0.102. The van der Waals surface area contributed by atoms with Crippen molar-refractivity contribution in [2.75, 3.05) is 11.1 Å². The number of amides is 1. The fourth-order valence-corrected chi connectivity index (χ4v) is 1.92. The highest BCUT2D eigenvalue weighted by Gasteiger charge is 2.09. The van der Waals surface area contributed by atoms with Crippen LogP contribution in [0.5, 0.6) is 0 Å². The minimum Gasteiger partial charge on any atom is -0.399 e. The highest BCUT2D eigenvalue weighted by atomic mass is 16.1. The number of nitrogens with two attached hydrogens (primary N) is 1. The van der Waals surface area contributed by atoms with Crippen LogP contribution in [0, 0.1) is 20.8 Å². The monoisotopic (exact) mass is 254 g/mol. The van der Waals surface area contributed by atoms with Crippen LogP contribution in [0.2, 0.25) is 0 Å². The van der Waals surface area contributed by atoms with Gasteiger partial charge in [0.2, 0.25) is 0 Å². The van der Waals surface area contributed by atoms with Crippen molar-refractivity contribution in [1.29, 1.82) is 0 Å². The quantitative estimate of drug-likeness (QED) is 0.806. The molecule has 0 aliphatic rings. The predicted octanol–water partition coefficient (Wildman–Crippen LogP) is 3.45. The van der Waals surface area contributed by atoms with Crippen LogP contribution in [-0.2, 0) is 0 Å². The maximum absolute atomic E-state index is 12.1. The van der Waals surface area contributed by atoms with Gasteiger partial charge in [0.25, 0.3) is 5.91 Å². The lowest BCUT2D eigenvalue weighted by Crippen LogP contribution is -2.13. The van der Waals surface area contributed by atoms with Crippen molar-refractivity contribution in [1.82, 2.24) is 0 Å². The van der Waals surface area contributed by atoms with E-state index in [0.29, 0.717) is 11.3 Å². The summed E-state index contributed by atoms with van der Waals surface area (Å²) in [5.41, 5.74) is 11.2. The van der Waals surface area contributed by atoms with Gasteiger partial charge in [-0.3, -0.25) is 4.79 Å². The average Bonchev–Trinajstić information content (AvgIpc) is 2.40. The molecular formula is C16H18N2O. The van der Waals surface area contributed by atoms with Gasteiger partial charge in [-0.2, -0.15) is 0 Å². The molecule has 2 aromatic rings. The Morgan fingerprint density at radius 2 is 1.58 bits per heavy atom. The number of nitrogens with one attached hydrogen (secondary N) is 1. The Kier molecular flexibility index (Phi) is 3.56. The van der Waals surface area contributed by atoms with Gasteiger partial charge in [-0.05, 0) is 67.8 Å². The number of carbonyl (C=O) groups is 1. The summed E-state index contributed by atoms with van der Waals surface area (Å²) < 4.78 is 0. The number of hydrogen-bond acceptors (Lipinski definition) is 2. The number of benzene rings is 2. The fourth-order valence-electron chi connectivity index (χ4n) is 1.92. The summed E-state index contributed by atoms with van der Waals surface area (Å²) in [6.45, 7) is 6.14. The van der Waals surface area contributed by atoms with E-state index in [0.717, 1.165) is 11.3 Å². The molecule has 1 amide bonds. The molecule has 0 saturated heterocycles. The van der Waals surface area contributed by atoms with E-state index >= 15 is 0 Å². The summed E-state index contributed by atoms with van der Waals surface area (Å²) in [7, 11) is 0. The summed E-state index contributed by atoms with van der Waals surface area (Å²) in [6, 6.07) is 10.8. The van der Waals surface area contributed by atoms with E-state index < -0.39 is 0 Å². The van der Waals surface area contributed by atoms with Crippen LogP contribution in [0.3, 0.4) is 0 Å². The molecule has 19 heavy (non-hydrogen) atoms. The largest absolute Gasteiger partial charge is 0.399 e. The van der Waals surface area contributed by atoms with Crippen molar-refractivity contribution >= 4 is 17.3 Å². The molecule has 2 aromatic carbocycles. The number of aryl methyl sites for hydroxylation is 1. The molecule has 0 aliphatic carbocycles. The van der Waals surface area contributed by atoms with E-state index in [1.807, 2.05) is 19.1 Å². The van der Waals surface area contributed by atoms with E-state index in [4.69, 9.17) is 5.73 Å². The molecule has 3 nitrogen and oxygen atoms in total. The van der Waals surface area contributed by atoms with Gasteiger partial charge >= 0.3 is 0 Å². The number of hydrogen-bond donors (Lipinski definition) is 2. The van der Waals surface area contributed by atoms with Crippen LogP contribution in [-0.4, -0.2) is 5.91 Å². The topological polar surface area (TPSA) is 55.1 Å². The molecule has 0 saturated carbocycles. The van der Waals surface area contributed by atoms with Gasteiger partial charge in [-0.1, -0.05) is 6.07 Å². The van der Waals surface area contributed by atoms with Crippen molar-refractivity contribution < 1.29 is 4.79 Å². The summed E-state index contributed by atoms with van der Waals surface area (Å²) in [6.07, 6.45) is 0. The zero-order valence-electron chi connectivity index (χ0n) is 11.4. The van der Waals surface area contributed by atoms with Gasteiger partial charge < -0.3 is 11.1 Å². The number of nitrogen functional groups attached to an aromatic ring is 1. The average molecular weight is 254 g/mol. The Bertz CT molecular complexity index is 615. The standard InChI is InChI=1S/C16H18N2O/c1-10-4-9-15(12(3)11(10)2)18-16(19)13-5-7-14(17)8-6-13/h4-9H,17H2,1-3H3,(H,18,19). The Labute approximate surface area is 113 Å². The van der Waals surface area contributed by atoms with Gasteiger partial charge in [-0.25, -0.2) is 0 Å². The van der Waals surface area contributed by atoms with Crippen LogP contribution in [0.25, 0.3) is 0 Å². The molecule has 0 unspecified atom stereocenters. The second-order valence-corrected chi connectivity index (χ2v) is 4.76. The molecule has 0 atom stereocenters. The minimum absolute atomic E-state index is 0.119. The molecule has 2 rings (SSSR count). The molecule has 0 bridgehead atoms. The molecule has 98 valence electrons. The Morgan fingerprint density at radius 1 is 0.947 bits per heavy atom. The maximum atomic E-state index is 12.1. The number of anilines is 2. The lowest BCUT2D eigenvalue weighted by atomic mass is 10.0. The van der Waals surface area contributed by atoms with E-state index in [1.54, 1.807) is 24.3 Å². The van der Waals surface area contributed by atoms with Crippen LogP contribution >= 0.6 is 0 Å². The molecule has 0 radical (unpaired) electrons. The van der Waals surface area contributed by atoms with E-state index in [-0.39, 0.29) is 5.91 Å². The van der Waals surface area contributed by atoms with Crippen molar-refractivity contribution in [3.8, 4) is 0 Å². The minimum atomic E-state index is -0.119. The smallest absolute Gasteiger partial charge is 0.255 e. The first-order chi connectivity index (χ1) is 8.99.